The Hall–Kier alpha value is -8.99. The molecule has 14 rings (SSSR count). The zero-order valence-corrected chi connectivity index (χ0v) is 42.3. The van der Waals surface area contributed by atoms with Gasteiger partial charge >= 0.3 is 0 Å². The van der Waals surface area contributed by atoms with Gasteiger partial charge in [-0.15, -0.1) is 0 Å². The topological polar surface area (TPSA) is 43.6 Å². The van der Waals surface area contributed by atoms with E-state index in [2.05, 4.69) is 250 Å². The molecule has 3 aromatic heterocycles. The molecule has 4 heterocycles. The summed E-state index contributed by atoms with van der Waals surface area (Å²) in [6.07, 6.45) is 2.07. The van der Waals surface area contributed by atoms with Gasteiger partial charge in [0, 0.05) is 61.0 Å². The first kappa shape index (κ1) is 44.7. The van der Waals surface area contributed by atoms with Crippen molar-refractivity contribution >= 4 is 77.0 Å². The van der Waals surface area contributed by atoms with E-state index >= 15 is 0 Å². The van der Waals surface area contributed by atoms with Gasteiger partial charge in [0.25, 0.3) is 0 Å². The predicted molar refractivity (Wildman–Crippen MR) is 314 cm³/mol. The van der Waals surface area contributed by atoms with Crippen LogP contribution in [0.4, 0.5) is 0 Å². The Kier molecular flexibility index (Phi) is 10.8. The maximum Gasteiger partial charge on any atom is 0.143 e. The molecule has 0 radical (unpaired) electrons. The van der Waals surface area contributed by atoms with E-state index in [-0.39, 0.29) is 17.9 Å². The lowest BCUT2D eigenvalue weighted by Crippen LogP contribution is -2.15. The van der Waals surface area contributed by atoms with Crippen molar-refractivity contribution in [1.29, 1.82) is 0 Å². The molecule has 0 aliphatic carbocycles. The summed E-state index contributed by atoms with van der Waals surface area (Å²) in [7, 11) is 0. The number of hydrogen-bond acceptors (Lipinski definition) is 3. The largest absolute Gasteiger partial charge is 0.456 e. The molecular formula is C71H54N2O2. The summed E-state index contributed by atoms with van der Waals surface area (Å²) in [6.45, 7) is 6.99. The zero-order valence-electron chi connectivity index (χ0n) is 42.3. The summed E-state index contributed by atoms with van der Waals surface area (Å²) < 4.78 is 16.3. The highest BCUT2D eigenvalue weighted by atomic mass is 16.3. The van der Waals surface area contributed by atoms with Crippen molar-refractivity contribution < 1.29 is 8.83 Å². The highest BCUT2D eigenvalue weighted by Crippen LogP contribution is 2.49. The van der Waals surface area contributed by atoms with Gasteiger partial charge in [0.05, 0.1) is 22.8 Å². The highest BCUT2D eigenvalue weighted by molar-refractivity contribution is 6.18. The molecule has 0 spiro atoms. The number of hydrogen-bond donors (Lipinski definition) is 0. The SMILES string of the molecule is CCCC1C(c2ccccc2)=C(C)C(C)C(c2ccccc2)=NC1c1cccc(-c2cccc3oc4c(-c5cc6oc7ccccc7c6cc5-n5c6ccccc6c6cc(-c7ccccc7)ccc65)cccc4c23)c1. The minimum atomic E-state index is -0.0977. The van der Waals surface area contributed by atoms with Crippen LogP contribution in [-0.2, 0) is 0 Å². The molecule has 360 valence electrons. The Morgan fingerprint density at radius 3 is 1.89 bits per heavy atom. The Labute approximate surface area is 436 Å². The van der Waals surface area contributed by atoms with E-state index in [0.717, 1.165) is 101 Å². The number of allylic oxidation sites excluding steroid dienone is 1. The summed E-state index contributed by atoms with van der Waals surface area (Å²) in [4.78, 5) is 5.87. The third-order valence-corrected chi connectivity index (χ3v) is 16.1. The third-order valence-electron chi connectivity index (χ3n) is 16.1. The summed E-state index contributed by atoms with van der Waals surface area (Å²) in [5.74, 6) is 0.328. The summed E-state index contributed by atoms with van der Waals surface area (Å²) in [5.41, 5.74) is 21.0. The van der Waals surface area contributed by atoms with E-state index in [1.807, 2.05) is 6.07 Å². The van der Waals surface area contributed by atoms with Gasteiger partial charge in [-0.3, -0.25) is 4.99 Å². The second kappa shape index (κ2) is 18.2. The van der Waals surface area contributed by atoms with Gasteiger partial charge in [-0.1, -0.05) is 208 Å². The average molecular weight is 967 g/mol. The number of benzene rings is 10. The van der Waals surface area contributed by atoms with Gasteiger partial charge in [0.1, 0.15) is 22.3 Å². The molecule has 4 nitrogen and oxygen atoms in total. The fourth-order valence-electron chi connectivity index (χ4n) is 12.5. The molecule has 10 aromatic carbocycles. The average Bonchev–Trinajstić information content (AvgIpc) is 4.19. The van der Waals surface area contributed by atoms with Gasteiger partial charge in [0.15, 0.2) is 0 Å². The first-order valence-electron chi connectivity index (χ1n) is 26.5. The Morgan fingerprint density at radius 1 is 0.453 bits per heavy atom. The van der Waals surface area contributed by atoms with Crippen LogP contribution >= 0.6 is 0 Å². The summed E-state index contributed by atoms with van der Waals surface area (Å²) in [5, 5.41) is 6.72. The molecule has 3 atom stereocenters. The summed E-state index contributed by atoms with van der Waals surface area (Å²) in [6, 6.07) is 83.3. The molecule has 13 aromatic rings. The van der Waals surface area contributed by atoms with Crippen LogP contribution in [-0.4, -0.2) is 10.3 Å². The molecule has 1 aliphatic rings. The van der Waals surface area contributed by atoms with Crippen molar-refractivity contribution in [3.8, 4) is 39.1 Å². The van der Waals surface area contributed by atoms with Crippen molar-refractivity contribution in [2.75, 3.05) is 0 Å². The van der Waals surface area contributed by atoms with E-state index in [9.17, 15) is 0 Å². The molecule has 75 heavy (non-hydrogen) atoms. The number of aliphatic imine (C=N–C) groups is 1. The van der Waals surface area contributed by atoms with Crippen molar-refractivity contribution in [1.82, 2.24) is 4.57 Å². The lowest BCUT2D eigenvalue weighted by atomic mass is 9.77. The van der Waals surface area contributed by atoms with Crippen molar-refractivity contribution in [2.45, 2.75) is 39.7 Å². The van der Waals surface area contributed by atoms with E-state index in [1.54, 1.807) is 0 Å². The van der Waals surface area contributed by atoms with E-state index in [0.29, 0.717) is 0 Å². The van der Waals surface area contributed by atoms with E-state index < -0.39 is 0 Å². The maximum absolute atomic E-state index is 7.18. The number of para-hydroxylation sites is 3. The lowest BCUT2D eigenvalue weighted by Gasteiger charge is -2.28. The molecule has 4 heteroatoms. The molecule has 0 saturated heterocycles. The molecular weight excluding hydrogens is 913 g/mol. The van der Waals surface area contributed by atoms with Crippen LogP contribution in [0.5, 0.6) is 0 Å². The molecule has 0 saturated carbocycles. The molecule has 0 N–H and O–H groups in total. The van der Waals surface area contributed by atoms with Crippen molar-refractivity contribution in [2.24, 2.45) is 16.8 Å². The first-order valence-corrected chi connectivity index (χ1v) is 26.5. The second-order valence-corrected chi connectivity index (χ2v) is 20.4. The van der Waals surface area contributed by atoms with Crippen LogP contribution in [0.2, 0.25) is 0 Å². The fourth-order valence-corrected chi connectivity index (χ4v) is 12.5. The molecule has 0 amide bonds. The van der Waals surface area contributed by atoms with Crippen LogP contribution in [0, 0.1) is 11.8 Å². The molecule has 0 fully saturated rings. The van der Waals surface area contributed by atoms with Gasteiger partial charge in [-0.2, -0.15) is 0 Å². The number of nitrogens with zero attached hydrogens (tertiary/aromatic N) is 2. The van der Waals surface area contributed by atoms with Crippen LogP contribution in [0.3, 0.4) is 0 Å². The van der Waals surface area contributed by atoms with Crippen LogP contribution in [0.25, 0.3) is 110 Å². The maximum atomic E-state index is 7.18. The number of fused-ring (bicyclic) bond motifs is 9. The third kappa shape index (κ3) is 7.38. The Balaban J connectivity index is 0.965. The van der Waals surface area contributed by atoms with Gasteiger partial charge in [-0.25, -0.2) is 0 Å². The minimum Gasteiger partial charge on any atom is -0.456 e. The van der Waals surface area contributed by atoms with Gasteiger partial charge in [0.2, 0.25) is 0 Å². The summed E-state index contributed by atoms with van der Waals surface area (Å²) >= 11 is 0. The molecule has 1 aliphatic heterocycles. The Morgan fingerprint density at radius 2 is 1.09 bits per heavy atom. The van der Waals surface area contributed by atoms with Crippen LogP contribution in [0.15, 0.2) is 250 Å². The monoisotopic (exact) mass is 966 g/mol. The standard InChI is InChI=1S/C71H54N2O2/c1-4-21-56-67(47-24-10-6-11-25-47)44(2)45(3)69(48-26-12-7-13-27-48)72-70(56)51-29-18-28-50(40-51)52-32-20-37-65-68(52)57-34-19-33-55(71(57)75-65)59-43-66-60(54-31-15-17-36-64(54)74-66)42-63(59)73-61-35-16-14-30-53(61)58-41-49(38-39-62(58)73)46-22-8-5-9-23-46/h5-20,22-43,45,56,70H,4,21H2,1-3H3. The number of furan rings is 2. The van der Waals surface area contributed by atoms with E-state index in [4.69, 9.17) is 13.8 Å². The first-order chi connectivity index (χ1) is 37.0. The molecule has 3 unspecified atom stereocenters. The fraction of sp³-hybridized carbons (Fsp3) is 0.113. The predicted octanol–water partition coefficient (Wildman–Crippen LogP) is 19.7. The normalized spacial score (nSPS) is 16.2. The second-order valence-electron chi connectivity index (χ2n) is 20.4. The molecule has 0 bridgehead atoms. The quantitative estimate of drug-likeness (QED) is 0.145. The zero-order chi connectivity index (χ0) is 50.1. The van der Waals surface area contributed by atoms with E-state index in [1.165, 1.54) is 49.7 Å². The van der Waals surface area contributed by atoms with Crippen molar-refractivity contribution in [3.05, 3.63) is 253 Å². The van der Waals surface area contributed by atoms with Crippen LogP contribution in [0.1, 0.15) is 56.3 Å². The minimum absolute atomic E-state index is 0.0977. The van der Waals surface area contributed by atoms with Gasteiger partial charge < -0.3 is 13.4 Å². The van der Waals surface area contributed by atoms with Crippen LogP contribution < -0.4 is 0 Å². The number of aromatic nitrogens is 1. The number of rotatable bonds is 9. The highest BCUT2D eigenvalue weighted by Gasteiger charge is 2.34. The lowest BCUT2D eigenvalue weighted by molar-refractivity contribution is 0.497. The Bertz CT molecular complexity index is 4400. The smallest absolute Gasteiger partial charge is 0.143 e. The van der Waals surface area contributed by atoms with Crippen molar-refractivity contribution in [3.63, 3.8) is 0 Å². The van der Waals surface area contributed by atoms with Gasteiger partial charge in [-0.05, 0) is 106 Å².